The molecule has 1 fully saturated rings. The van der Waals surface area contributed by atoms with Gasteiger partial charge >= 0.3 is 0 Å². The lowest BCUT2D eigenvalue weighted by Gasteiger charge is -2.22. The van der Waals surface area contributed by atoms with Crippen LogP contribution in [0.4, 0.5) is 5.69 Å². The molecule has 2 rings (SSSR count). The SMILES string of the molecule is Nc1ccc(C2CCCCCCC2)c(CO)c1. The van der Waals surface area contributed by atoms with Crippen LogP contribution < -0.4 is 5.73 Å². The summed E-state index contributed by atoms with van der Waals surface area (Å²) in [6.45, 7) is 0.108. The van der Waals surface area contributed by atoms with E-state index < -0.39 is 0 Å². The van der Waals surface area contributed by atoms with Gasteiger partial charge in [-0.25, -0.2) is 0 Å². The maximum atomic E-state index is 9.44. The van der Waals surface area contributed by atoms with Gasteiger partial charge in [-0.1, -0.05) is 38.2 Å². The van der Waals surface area contributed by atoms with E-state index in [1.165, 1.54) is 50.5 Å². The summed E-state index contributed by atoms with van der Waals surface area (Å²) in [5.74, 6) is 0.623. The number of anilines is 1. The normalized spacial score (nSPS) is 18.6. The van der Waals surface area contributed by atoms with Gasteiger partial charge < -0.3 is 10.8 Å². The topological polar surface area (TPSA) is 46.2 Å². The molecule has 94 valence electrons. The van der Waals surface area contributed by atoms with E-state index in [0.29, 0.717) is 5.92 Å². The van der Waals surface area contributed by atoms with Gasteiger partial charge in [0.25, 0.3) is 0 Å². The Balaban J connectivity index is 2.18. The first kappa shape index (κ1) is 12.4. The second-order valence-corrected chi connectivity index (χ2v) is 5.16. The summed E-state index contributed by atoms with van der Waals surface area (Å²) in [5.41, 5.74) is 8.88. The van der Waals surface area contributed by atoms with Gasteiger partial charge in [0.2, 0.25) is 0 Å². The fourth-order valence-corrected chi connectivity index (χ4v) is 2.93. The average Bonchev–Trinajstić information content (AvgIpc) is 2.29. The predicted molar refractivity (Wildman–Crippen MR) is 71.8 cm³/mol. The number of hydrogen-bond acceptors (Lipinski definition) is 2. The monoisotopic (exact) mass is 233 g/mol. The predicted octanol–water partition coefficient (Wildman–Crippen LogP) is 3.59. The van der Waals surface area contributed by atoms with Gasteiger partial charge in [0, 0.05) is 5.69 Å². The maximum absolute atomic E-state index is 9.44. The first-order valence-corrected chi connectivity index (χ1v) is 6.80. The van der Waals surface area contributed by atoms with Gasteiger partial charge in [0.15, 0.2) is 0 Å². The number of rotatable bonds is 2. The van der Waals surface area contributed by atoms with Crippen LogP contribution in [0, 0.1) is 0 Å². The summed E-state index contributed by atoms with van der Waals surface area (Å²) in [7, 11) is 0. The molecule has 0 aliphatic heterocycles. The van der Waals surface area contributed by atoms with Crippen molar-refractivity contribution in [3.63, 3.8) is 0 Å². The van der Waals surface area contributed by atoms with Crippen molar-refractivity contribution in [1.29, 1.82) is 0 Å². The molecule has 0 radical (unpaired) electrons. The Bertz CT molecular complexity index is 354. The van der Waals surface area contributed by atoms with Crippen molar-refractivity contribution in [1.82, 2.24) is 0 Å². The van der Waals surface area contributed by atoms with Crippen LogP contribution in [0.3, 0.4) is 0 Å². The van der Waals surface area contributed by atoms with Gasteiger partial charge in [0.05, 0.1) is 6.61 Å². The van der Waals surface area contributed by atoms with E-state index in [4.69, 9.17) is 5.73 Å². The van der Waals surface area contributed by atoms with Crippen molar-refractivity contribution in [3.05, 3.63) is 29.3 Å². The third-order valence-corrected chi connectivity index (χ3v) is 3.88. The molecule has 1 saturated carbocycles. The highest BCUT2D eigenvalue weighted by molar-refractivity contribution is 5.45. The third kappa shape index (κ3) is 3.22. The molecule has 1 aromatic carbocycles. The summed E-state index contributed by atoms with van der Waals surface area (Å²) in [6, 6.07) is 6.01. The number of aliphatic hydroxyl groups excluding tert-OH is 1. The lowest BCUT2D eigenvalue weighted by atomic mass is 9.84. The third-order valence-electron chi connectivity index (χ3n) is 3.88. The molecule has 0 spiro atoms. The van der Waals surface area contributed by atoms with Gasteiger partial charge in [-0.05, 0) is 42.0 Å². The number of aliphatic hydroxyl groups is 1. The highest BCUT2D eigenvalue weighted by Gasteiger charge is 2.16. The van der Waals surface area contributed by atoms with Crippen LogP contribution in [0.25, 0.3) is 0 Å². The minimum Gasteiger partial charge on any atom is -0.399 e. The molecule has 0 atom stereocenters. The van der Waals surface area contributed by atoms with Crippen LogP contribution in [0.15, 0.2) is 18.2 Å². The lowest BCUT2D eigenvalue weighted by Crippen LogP contribution is -2.06. The summed E-state index contributed by atoms with van der Waals surface area (Å²) in [5, 5.41) is 9.44. The average molecular weight is 233 g/mol. The molecule has 0 heterocycles. The highest BCUT2D eigenvalue weighted by atomic mass is 16.3. The molecular formula is C15H23NO. The van der Waals surface area contributed by atoms with Gasteiger partial charge in [-0.3, -0.25) is 0 Å². The van der Waals surface area contributed by atoms with Gasteiger partial charge in [-0.15, -0.1) is 0 Å². The van der Waals surface area contributed by atoms with Crippen LogP contribution in [0.5, 0.6) is 0 Å². The standard InChI is InChI=1S/C15H23NO/c16-14-8-9-15(13(10-14)11-17)12-6-4-2-1-3-5-7-12/h8-10,12,17H,1-7,11,16H2. The van der Waals surface area contributed by atoms with E-state index >= 15 is 0 Å². The summed E-state index contributed by atoms with van der Waals surface area (Å²) in [6.07, 6.45) is 9.27. The smallest absolute Gasteiger partial charge is 0.0685 e. The molecule has 0 aromatic heterocycles. The summed E-state index contributed by atoms with van der Waals surface area (Å²) < 4.78 is 0. The molecule has 1 aliphatic carbocycles. The molecule has 0 unspecified atom stereocenters. The van der Waals surface area contributed by atoms with Gasteiger partial charge in [0.1, 0.15) is 0 Å². The van der Waals surface area contributed by atoms with Crippen molar-refractivity contribution < 1.29 is 5.11 Å². The van der Waals surface area contributed by atoms with E-state index in [2.05, 4.69) is 6.07 Å². The number of benzene rings is 1. The second-order valence-electron chi connectivity index (χ2n) is 5.16. The van der Waals surface area contributed by atoms with E-state index in [1.807, 2.05) is 12.1 Å². The minimum atomic E-state index is 0.108. The van der Waals surface area contributed by atoms with Crippen molar-refractivity contribution in [2.24, 2.45) is 0 Å². The Kier molecular flexibility index (Phi) is 4.43. The first-order chi connectivity index (χ1) is 8.31. The Morgan fingerprint density at radius 3 is 2.35 bits per heavy atom. The molecule has 2 nitrogen and oxygen atoms in total. The van der Waals surface area contributed by atoms with Gasteiger partial charge in [-0.2, -0.15) is 0 Å². The van der Waals surface area contributed by atoms with Crippen molar-refractivity contribution >= 4 is 5.69 Å². The minimum absolute atomic E-state index is 0.108. The Labute approximate surface area is 104 Å². The molecule has 0 bridgehead atoms. The second kappa shape index (κ2) is 6.06. The zero-order chi connectivity index (χ0) is 12.1. The quantitative estimate of drug-likeness (QED) is 0.767. The van der Waals surface area contributed by atoms with E-state index in [1.54, 1.807) is 0 Å². The Morgan fingerprint density at radius 2 is 1.71 bits per heavy atom. The molecule has 3 N–H and O–H groups in total. The van der Waals surface area contributed by atoms with Crippen LogP contribution in [0.1, 0.15) is 62.0 Å². The highest BCUT2D eigenvalue weighted by Crippen LogP contribution is 2.33. The largest absolute Gasteiger partial charge is 0.399 e. The number of nitrogen functional groups attached to an aromatic ring is 1. The van der Waals surface area contributed by atoms with Crippen LogP contribution in [-0.2, 0) is 6.61 Å². The Hall–Kier alpha value is -1.02. The maximum Gasteiger partial charge on any atom is 0.0685 e. The van der Waals surface area contributed by atoms with Crippen molar-refractivity contribution in [3.8, 4) is 0 Å². The number of nitrogens with two attached hydrogens (primary N) is 1. The first-order valence-electron chi connectivity index (χ1n) is 6.80. The molecule has 17 heavy (non-hydrogen) atoms. The lowest BCUT2D eigenvalue weighted by molar-refractivity contribution is 0.279. The number of hydrogen-bond donors (Lipinski definition) is 2. The van der Waals surface area contributed by atoms with E-state index in [9.17, 15) is 5.11 Å². The fourth-order valence-electron chi connectivity index (χ4n) is 2.93. The van der Waals surface area contributed by atoms with Crippen LogP contribution in [-0.4, -0.2) is 5.11 Å². The summed E-state index contributed by atoms with van der Waals surface area (Å²) in [4.78, 5) is 0. The molecular weight excluding hydrogens is 210 g/mol. The summed E-state index contributed by atoms with van der Waals surface area (Å²) >= 11 is 0. The zero-order valence-corrected chi connectivity index (χ0v) is 10.5. The van der Waals surface area contributed by atoms with E-state index in [0.717, 1.165) is 11.3 Å². The van der Waals surface area contributed by atoms with E-state index in [-0.39, 0.29) is 6.61 Å². The molecule has 0 saturated heterocycles. The van der Waals surface area contributed by atoms with Crippen LogP contribution in [0.2, 0.25) is 0 Å². The molecule has 1 aliphatic rings. The Morgan fingerprint density at radius 1 is 1.06 bits per heavy atom. The molecule has 1 aromatic rings. The zero-order valence-electron chi connectivity index (χ0n) is 10.5. The molecule has 2 heteroatoms. The molecule has 0 amide bonds. The van der Waals surface area contributed by atoms with Crippen molar-refractivity contribution in [2.45, 2.75) is 57.5 Å². The van der Waals surface area contributed by atoms with Crippen LogP contribution >= 0.6 is 0 Å². The fraction of sp³-hybridized carbons (Fsp3) is 0.600. The van der Waals surface area contributed by atoms with Crippen molar-refractivity contribution in [2.75, 3.05) is 5.73 Å².